The van der Waals surface area contributed by atoms with Gasteiger partial charge in [-0.1, -0.05) is 25.7 Å². The van der Waals surface area contributed by atoms with E-state index in [9.17, 15) is 0 Å². The summed E-state index contributed by atoms with van der Waals surface area (Å²) in [6.07, 6.45) is 10.0. The van der Waals surface area contributed by atoms with Crippen LogP contribution in [-0.2, 0) is 0 Å². The van der Waals surface area contributed by atoms with Gasteiger partial charge in [-0.3, -0.25) is 9.98 Å². The molecule has 138 valence electrons. The van der Waals surface area contributed by atoms with Crippen LogP contribution in [0.1, 0.15) is 65.2 Å². The normalized spacial score (nSPS) is 20.3. The average molecular weight is 337 g/mol. The summed E-state index contributed by atoms with van der Waals surface area (Å²) in [5.41, 5.74) is 12.0. The Balaban J connectivity index is 1.47. The molecule has 2 rings (SSSR count). The fraction of sp³-hybridized carbons (Fsp3) is 0.889. The van der Waals surface area contributed by atoms with Crippen molar-refractivity contribution >= 4 is 11.7 Å². The van der Waals surface area contributed by atoms with Gasteiger partial charge in [-0.15, -0.1) is 0 Å². The molecule has 0 radical (unpaired) electrons. The SMILES string of the molecule is CC(N)N1CCN=C1CCCCCCCCC1=NCCN1C(C)N. The third-order valence-corrected chi connectivity index (χ3v) is 4.97. The molecule has 0 aromatic rings. The van der Waals surface area contributed by atoms with E-state index in [0.29, 0.717) is 0 Å². The Kier molecular flexibility index (Phi) is 7.99. The molecule has 0 aromatic heterocycles. The maximum absolute atomic E-state index is 5.98. The van der Waals surface area contributed by atoms with E-state index in [2.05, 4.69) is 19.8 Å². The molecule has 0 saturated carbocycles. The van der Waals surface area contributed by atoms with E-state index in [1.807, 2.05) is 13.8 Å². The summed E-state index contributed by atoms with van der Waals surface area (Å²) in [6, 6.07) is 0. The number of hydrogen-bond acceptors (Lipinski definition) is 6. The zero-order valence-corrected chi connectivity index (χ0v) is 15.6. The van der Waals surface area contributed by atoms with E-state index in [1.165, 1.54) is 50.2 Å². The second-order valence-corrected chi connectivity index (χ2v) is 7.09. The van der Waals surface area contributed by atoms with Gasteiger partial charge in [0.05, 0.1) is 25.4 Å². The van der Waals surface area contributed by atoms with Crippen LogP contribution >= 0.6 is 0 Å². The molecule has 2 heterocycles. The third kappa shape index (κ3) is 5.74. The van der Waals surface area contributed by atoms with Crippen LogP contribution in [0.15, 0.2) is 9.98 Å². The molecule has 4 N–H and O–H groups in total. The summed E-state index contributed by atoms with van der Waals surface area (Å²) in [6.45, 7) is 7.91. The quantitative estimate of drug-likeness (QED) is 0.566. The minimum absolute atomic E-state index is 0.0977. The molecule has 6 nitrogen and oxygen atoms in total. The zero-order chi connectivity index (χ0) is 17.4. The number of nitrogens with zero attached hydrogens (tertiary/aromatic N) is 4. The van der Waals surface area contributed by atoms with Crippen molar-refractivity contribution in [1.82, 2.24) is 9.80 Å². The minimum atomic E-state index is 0.0977. The summed E-state index contributed by atoms with van der Waals surface area (Å²) in [5.74, 6) is 2.44. The van der Waals surface area contributed by atoms with Gasteiger partial charge in [0.2, 0.25) is 0 Å². The van der Waals surface area contributed by atoms with Crippen molar-refractivity contribution in [3.8, 4) is 0 Å². The van der Waals surface area contributed by atoms with E-state index in [0.717, 1.165) is 39.0 Å². The summed E-state index contributed by atoms with van der Waals surface area (Å²) in [4.78, 5) is 13.7. The molecule has 24 heavy (non-hydrogen) atoms. The van der Waals surface area contributed by atoms with Crippen LogP contribution in [0.3, 0.4) is 0 Å². The first kappa shape index (κ1) is 19.2. The highest BCUT2D eigenvalue weighted by Gasteiger charge is 2.19. The largest absolute Gasteiger partial charge is 0.343 e. The maximum Gasteiger partial charge on any atom is 0.100 e. The van der Waals surface area contributed by atoms with Gasteiger partial charge in [0, 0.05) is 25.9 Å². The topological polar surface area (TPSA) is 83.2 Å². The lowest BCUT2D eigenvalue weighted by Crippen LogP contribution is -2.41. The molecule has 2 aliphatic heterocycles. The first-order valence-electron chi connectivity index (χ1n) is 9.70. The van der Waals surface area contributed by atoms with Crippen LogP contribution < -0.4 is 11.5 Å². The Morgan fingerprint density at radius 1 is 0.750 bits per heavy atom. The lowest BCUT2D eigenvalue weighted by molar-refractivity contribution is 0.358. The van der Waals surface area contributed by atoms with Crippen molar-refractivity contribution in [2.45, 2.75) is 77.5 Å². The molecule has 0 saturated heterocycles. The predicted molar refractivity (Wildman–Crippen MR) is 102 cm³/mol. The van der Waals surface area contributed by atoms with Gasteiger partial charge in [0.1, 0.15) is 11.7 Å². The standard InChI is InChI=1S/C18H36N6/c1-15(19)23-13-11-21-17(23)9-7-5-3-4-6-8-10-18-22-12-14-24(18)16(2)20/h15-16H,3-14,19-20H2,1-2H3. The Morgan fingerprint density at radius 3 is 1.50 bits per heavy atom. The summed E-state index contributed by atoms with van der Waals surface area (Å²) in [5, 5.41) is 0. The van der Waals surface area contributed by atoms with Gasteiger partial charge < -0.3 is 21.3 Å². The number of nitrogens with two attached hydrogens (primary N) is 2. The van der Waals surface area contributed by atoms with Crippen LogP contribution in [-0.4, -0.2) is 60.0 Å². The van der Waals surface area contributed by atoms with E-state index >= 15 is 0 Å². The van der Waals surface area contributed by atoms with Crippen molar-refractivity contribution in [2.75, 3.05) is 26.2 Å². The summed E-state index contributed by atoms with van der Waals surface area (Å²) >= 11 is 0. The monoisotopic (exact) mass is 336 g/mol. The average Bonchev–Trinajstić information content (AvgIpc) is 3.18. The molecular weight excluding hydrogens is 300 g/mol. The van der Waals surface area contributed by atoms with Crippen LogP contribution in [0.2, 0.25) is 0 Å². The van der Waals surface area contributed by atoms with Crippen molar-refractivity contribution in [1.29, 1.82) is 0 Å². The highest BCUT2D eigenvalue weighted by atomic mass is 15.3. The molecule has 0 fully saturated rings. The second kappa shape index (κ2) is 9.99. The molecule has 6 heteroatoms. The Hall–Kier alpha value is -1.14. The Bertz CT molecular complexity index is 389. The maximum atomic E-state index is 5.98. The third-order valence-electron chi connectivity index (χ3n) is 4.97. The molecule has 2 aliphatic rings. The van der Waals surface area contributed by atoms with Crippen molar-refractivity contribution in [3.05, 3.63) is 0 Å². The predicted octanol–water partition coefficient (Wildman–Crippen LogP) is 2.14. The van der Waals surface area contributed by atoms with Gasteiger partial charge in [-0.2, -0.15) is 0 Å². The van der Waals surface area contributed by atoms with E-state index < -0.39 is 0 Å². The van der Waals surface area contributed by atoms with Crippen molar-refractivity contribution < 1.29 is 0 Å². The molecule has 0 bridgehead atoms. The number of hydrogen-bond donors (Lipinski definition) is 2. The van der Waals surface area contributed by atoms with Crippen LogP contribution in [0, 0.1) is 0 Å². The fourth-order valence-electron chi connectivity index (χ4n) is 3.61. The van der Waals surface area contributed by atoms with Gasteiger partial charge in [0.25, 0.3) is 0 Å². The number of unbranched alkanes of at least 4 members (excludes halogenated alkanes) is 5. The summed E-state index contributed by atoms with van der Waals surface area (Å²) in [7, 11) is 0. The van der Waals surface area contributed by atoms with E-state index in [-0.39, 0.29) is 12.3 Å². The Morgan fingerprint density at radius 2 is 1.12 bits per heavy atom. The highest BCUT2D eigenvalue weighted by molar-refractivity contribution is 5.84. The van der Waals surface area contributed by atoms with Crippen molar-refractivity contribution in [3.63, 3.8) is 0 Å². The van der Waals surface area contributed by atoms with Gasteiger partial charge in [-0.05, 0) is 26.7 Å². The highest BCUT2D eigenvalue weighted by Crippen LogP contribution is 2.15. The first-order chi connectivity index (χ1) is 11.6. The number of aliphatic imine (C=N–C) groups is 2. The second-order valence-electron chi connectivity index (χ2n) is 7.09. The van der Waals surface area contributed by atoms with E-state index in [4.69, 9.17) is 11.5 Å². The smallest absolute Gasteiger partial charge is 0.100 e. The van der Waals surface area contributed by atoms with Gasteiger partial charge >= 0.3 is 0 Å². The molecule has 2 unspecified atom stereocenters. The van der Waals surface area contributed by atoms with Gasteiger partial charge in [0.15, 0.2) is 0 Å². The fourth-order valence-corrected chi connectivity index (χ4v) is 3.61. The Labute approximate surface area is 147 Å². The summed E-state index contributed by atoms with van der Waals surface area (Å²) < 4.78 is 0. The molecule has 0 aromatic carbocycles. The zero-order valence-electron chi connectivity index (χ0n) is 15.6. The van der Waals surface area contributed by atoms with Crippen LogP contribution in [0.25, 0.3) is 0 Å². The lowest BCUT2D eigenvalue weighted by Gasteiger charge is -2.24. The lowest BCUT2D eigenvalue weighted by atomic mass is 10.1. The number of rotatable bonds is 11. The molecule has 2 atom stereocenters. The molecule has 0 spiro atoms. The molecular formula is C18H36N6. The van der Waals surface area contributed by atoms with Crippen LogP contribution in [0.5, 0.6) is 0 Å². The van der Waals surface area contributed by atoms with Crippen LogP contribution in [0.4, 0.5) is 0 Å². The minimum Gasteiger partial charge on any atom is -0.343 e. The first-order valence-corrected chi connectivity index (χ1v) is 9.70. The van der Waals surface area contributed by atoms with Gasteiger partial charge in [-0.25, -0.2) is 0 Å². The molecule has 0 amide bonds. The number of amidine groups is 2. The van der Waals surface area contributed by atoms with Crippen molar-refractivity contribution in [2.24, 2.45) is 21.5 Å². The van der Waals surface area contributed by atoms with E-state index in [1.54, 1.807) is 0 Å². The molecule has 0 aliphatic carbocycles.